The molecule has 72 valence electrons. The SMILES string of the molecule is O=c1[nH]c(-c2cncs2)ncc1CCl. The van der Waals surface area contributed by atoms with Crippen LogP contribution in [0.4, 0.5) is 0 Å². The molecule has 1 N–H and O–H groups in total. The standard InChI is InChI=1S/C8H6ClN3OS/c9-1-5-2-11-7(12-8(5)13)6-3-10-4-14-6/h2-4H,1H2,(H,11,12,13). The molecule has 4 nitrogen and oxygen atoms in total. The Balaban J connectivity index is 2.48. The van der Waals surface area contributed by atoms with Gasteiger partial charge in [0, 0.05) is 12.4 Å². The quantitative estimate of drug-likeness (QED) is 0.794. The van der Waals surface area contributed by atoms with E-state index in [0.29, 0.717) is 11.4 Å². The summed E-state index contributed by atoms with van der Waals surface area (Å²) < 4.78 is 0. The zero-order valence-electron chi connectivity index (χ0n) is 7.03. The van der Waals surface area contributed by atoms with Gasteiger partial charge in [-0.15, -0.1) is 22.9 Å². The largest absolute Gasteiger partial charge is 0.306 e. The van der Waals surface area contributed by atoms with Crippen LogP contribution in [-0.4, -0.2) is 15.0 Å². The predicted octanol–water partition coefficient (Wildman–Crippen LogP) is 1.63. The summed E-state index contributed by atoms with van der Waals surface area (Å²) in [5.41, 5.74) is 1.96. The minimum Gasteiger partial charge on any atom is -0.306 e. The van der Waals surface area contributed by atoms with Crippen molar-refractivity contribution >= 4 is 22.9 Å². The number of halogens is 1. The minimum absolute atomic E-state index is 0.172. The van der Waals surface area contributed by atoms with Crippen molar-refractivity contribution < 1.29 is 0 Å². The van der Waals surface area contributed by atoms with Gasteiger partial charge in [0.15, 0.2) is 5.82 Å². The molecule has 0 radical (unpaired) electrons. The number of thiazole rings is 1. The van der Waals surface area contributed by atoms with E-state index in [2.05, 4.69) is 15.0 Å². The lowest BCUT2D eigenvalue weighted by atomic mass is 10.4. The highest BCUT2D eigenvalue weighted by molar-refractivity contribution is 7.13. The number of hydrogen-bond donors (Lipinski definition) is 1. The van der Waals surface area contributed by atoms with Crippen LogP contribution in [0.1, 0.15) is 5.56 Å². The highest BCUT2D eigenvalue weighted by Gasteiger charge is 2.04. The van der Waals surface area contributed by atoms with E-state index in [4.69, 9.17) is 11.6 Å². The molecule has 0 atom stereocenters. The summed E-state index contributed by atoms with van der Waals surface area (Å²) in [6, 6.07) is 0. The van der Waals surface area contributed by atoms with Gasteiger partial charge < -0.3 is 4.98 Å². The van der Waals surface area contributed by atoms with Crippen LogP contribution < -0.4 is 5.56 Å². The van der Waals surface area contributed by atoms with E-state index in [-0.39, 0.29) is 11.4 Å². The number of hydrogen-bond acceptors (Lipinski definition) is 4. The topological polar surface area (TPSA) is 58.6 Å². The van der Waals surface area contributed by atoms with Crippen molar-refractivity contribution in [3.05, 3.63) is 33.8 Å². The van der Waals surface area contributed by atoms with Crippen LogP contribution in [0.3, 0.4) is 0 Å². The normalized spacial score (nSPS) is 10.4. The average Bonchev–Trinajstić information content (AvgIpc) is 2.70. The molecule has 2 rings (SSSR count). The Morgan fingerprint density at radius 3 is 2.93 bits per heavy atom. The molecule has 0 amide bonds. The summed E-state index contributed by atoms with van der Waals surface area (Å²) >= 11 is 6.96. The molecule has 2 aromatic heterocycles. The monoisotopic (exact) mass is 227 g/mol. The molecule has 0 saturated carbocycles. The fraction of sp³-hybridized carbons (Fsp3) is 0.125. The van der Waals surface area contributed by atoms with Gasteiger partial charge in [-0.1, -0.05) is 0 Å². The number of nitrogens with zero attached hydrogens (tertiary/aromatic N) is 2. The first-order valence-corrected chi connectivity index (χ1v) is 5.25. The Morgan fingerprint density at radius 2 is 2.36 bits per heavy atom. The first kappa shape index (κ1) is 9.36. The third-order valence-corrected chi connectivity index (χ3v) is 2.75. The van der Waals surface area contributed by atoms with Crippen molar-refractivity contribution in [1.29, 1.82) is 0 Å². The molecule has 0 aliphatic carbocycles. The smallest absolute Gasteiger partial charge is 0.255 e. The van der Waals surface area contributed by atoms with Crippen molar-refractivity contribution in [3.63, 3.8) is 0 Å². The first-order chi connectivity index (χ1) is 6.81. The van der Waals surface area contributed by atoms with Crippen LogP contribution in [-0.2, 0) is 5.88 Å². The van der Waals surface area contributed by atoms with Gasteiger partial charge in [-0.05, 0) is 0 Å². The number of aromatic nitrogens is 3. The molecule has 14 heavy (non-hydrogen) atoms. The Labute approximate surface area is 88.6 Å². The fourth-order valence-corrected chi connectivity index (χ4v) is 1.74. The summed E-state index contributed by atoms with van der Waals surface area (Å²) in [5, 5.41) is 0. The van der Waals surface area contributed by atoms with Crippen LogP contribution in [0.2, 0.25) is 0 Å². The van der Waals surface area contributed by atoms with Gasteiger partial charge in [-0.3, -0.25) is 9.78 Å². The van der Waals surface area contributed by atoms with E-state index in [1.54, 1.807) is 11.7 Å². The van der Waals surface area contributed by atoms with Gasteiger partial charge in [0.25, 0.3) is 5.56 Å². The second kappa shape index (κ2) is 3.89. The number of H-pyrrole nitrogens is 1. The molecular weight excluding hydrogens is 222 g/mol. The molecule has 0 spiro atoms. The van der Waals surface area contributed by atoms with Gasteiger partial charge in [0.1, 0.15) is 0 Å². The molecule has 0 fully saturated rings. The van der Waals surface area contributed by atoms with Crippen LogP contribution in [0.25, 0.3) is 10.7 Å². The van der Waals surface area contributed by atoms with Crippen molar-refractivity contribution in [1.82, 2.24) is 15.0 Å². The summed E-state index contributed by atoms with van der Waals surface area (Å²) in [5.74, 6) is 0.706. The lowest BCUT2D eigenvalue weighted by Gasteiger charge is -1.96. The predicted molar refractivity (Wildman–Crippen MR) is 55.5 cm³/mol. The molecule has 2 aromatic rings. The molecule has 2 heterocycles. The lowest BCUT2D eigenvalue weighted by Crippen LogP contribution is -2.12. The maximum absolute atomic E-state index is 11.4. The van der Waals surface area contributed by atoms with E-state index in [1.807, 2.05) is 0 Å². The van der Waals surface area contributed by atoms with Crippen molar-refractivity contribution in [3.8, 4) is 10.7 Å². The van der Waals surface area contributed by atoms with E-state index in [0.717, 1.165) is 4.88 Å². The van der Waals surface area contributed by atoms with Gasteiger partial charge in [-0.25, -0.2) is 4.98 Å². The number of nitrogens with one attached hydrogen (secondary N) is 1. The van der Waals surface area contributed by atoms with Crippen LogP contribution in [0, 0.1) is 0 Å². The van der Waals surface area contributed by atoms with Crippen LogP contribution >= 0.6 is 22.9 Å². The summed E-state index contributed by atoms with van der Waals surface area (Å²) in [7, 11) is 0. The van der Waals surface area contributed by atoms with E-state index in [9.17, 15) is 4.79 Å². The van der Waals surface area contributed by atoms with E-state index >= 15 is 0 Å². The third kappa shape index (κ3) is 1.69. The highest BCUT2D eigenvalue weighted by Crippen LogP contribution is 2.17. The van der Waals surface area contributed by atoms with Gasteiger partial charge in [0.05, 0.1) is 21.8 Å². The van der Waals surface area contributed by atoms with Crippen molar-refractivity contribution in [2.45, 2.75) is 5.88 Å². The Bertz CT molecular complexity index is 480. The number of alkyl halides is 1. The third-order valence-electron chi connectivity index (χ3n) is 1.68. The molecule has 0 saturated heterocycles. The van der Waals surface area contributed by atoms with Gasteiger partial charge in [0.2, 0.25) is 0 Å². The highest BCUT2D eigenvalue weighted by atomic mass is 35.5. The molecular formula is C8H6ClN3OS. The second-order valence-electron chi connectivity index (χ2n) is 2.59. The molecule has 6 heteroatoms. The molecule has 0 bridgehead atoms. The van der Waals surface area contributed by atoms with Crippen LogP contribution in [0.5, 0.6) is 0 Å². The minimum atomic E-state index is -0.196. The molecule has 0 aromatic carbocycles. The van der Waals surface area contributed by atoms with E-state index in [1.165, 1.54) is 17.5 Å². The van der Waals surface area contributed by atoms with Crippen molar-refractivity contribution in [2.24, 2.45) is 0 Å². The summed E-state index contributed by atoms with van der Waals surface area (Å²) in [4.78, 5) is 22.8. The maximum Gasteiger partial charge on any atom is 0.255 e. The zero-order chi connectivity index (χ0) is 9.97. The second-order valence-corrected chi connectivity index (χ2v) is 3.74. The Morgan fingerprint density at radius 1 is 1.50 bits per heavy atom. The van der Waals surface area contributed by atoms with E-state index < -0.39 is 0 Å². The molecule has 0 aliphatic rings. The van der Waals surface area contributed by atoms with Crippen molar-refractivity contribution in [2.75, 3.05) is 0 Å². The van der Waals surface area contributed by atoms with Crippen LogP contribution in [0.15, 0.2) is 22.7 Å². The number of rotatable bonds is 2. The number of aromatic amines is 1. The lowest BCUT2D eigenvalue weighted by molar-refractivity contribution is 1.08. The van der Waals surface area contributed by atoms with Gasteiger partial charge in [-0.2, -0.15) is 0 Å². The Kier molecular flexibility index (Phi) is 2.60. The summed E-state index contributed by atoms with van der Waals surface area (Å²) in [6.45, 7) is 0. The van der Waals surface area contributed by atoms with Gasteiger partial charge >= 0.3 is 0 Å². The first-order valence-electron chi connectivity index (χ1n) is 3.84. The Hall–Kier alpha value is -1.20. The average molecular weight is 228 g/mol. The summed E-state index contributed by atoms with van der Waals surface area (Å²) in [6.07, 6.45) is 3.14. The zero-order valence-corrected chi connectivity index (χ0v) is 8.60. The molecule has 0 unspecified atom stereocenters. The molecule has 0 aliphatic heterocycles. The maximum atomic E-state index is 11.4. The fourth-order valence-electron chi connectivity index (χ4n) is 0.974.